The molecule has 0 saturated carbocycles. The van der Waals surface area contributed by atoms with Crippen LogP contribution in [-0.2, 0) is 17.8 Å². The first-order valence-electron chi connectivity index (χ1n) is 10.9. The van der Waals surface area contributed by atoms with Gasteiger partial charge in [-0.05, 0) is 48.7 Å². The normalized spacial score (nSPS) is 16.4. The lowest BCUT2D eigenvalue weighted by molar-refractivity contribution is 0.0669. The van der Waals surface area contributed by atoms with Gasteiger partial charge < -0.3 is 9.15 Å². The van der Waals surface area contributed by atoms with Crippen LogP contribution < -0.4 is 0 Å². The van der Waals surface area contributed by atoms with Crippen LogP contribution in [0, 0.1) is 6.92 Å². The first-order valence-corrected chi connectivity index (χ1v) is 10.9. The van der Waals surface area contributed by atoms with Crippen molar-refractivity contribution >= 4 is 10.8 Å². The third-order valence-corrected chi connectivity index (χ3v) is 5.88. The van der Waals surface area contributed by atoms with Crippen molar-refractivity contribution in [3.05, 3.63) is 84.0 Å². The van der Waals surface area contributed by atoms with Gasteiger partial charge in [0, 0.05) is 38.0 Å². The zero-order valence-electron chi connectivity index (χ0n) is 17.8. The van der Waals surface area contributed by atoms with Gasteiger partial charge >= 0.3 is 0 Å². The van der Waals surface area contributed by atoms with E-state index in [0.717, 1.165) is 60.6 Å². The van der Waals surface area contributed by atoms with Gasteiger partial charge in [0.1, 0.15) is 5.76 Å². The summed E-state index contributed by atoms with van der Waals surface area (Å²) in [7, 11) is 0. The quantitative estimate of drug-likeness (QED) is 0.407. The van der Waals surface area contributed by atoms with Crippen LogP contribution in [0.25, 0.3) is 22.2 Å². The molecule has 1 atom stereocenters. The summed E-state index contributed by atoms with van der Waals surface area (Å²) in [6.45, 7) is 5.19. The molecule has 31 heavy (non-hydrogen) atoms. The van der Waals surface area contributed by atoms with Crippen LogP contribution in [0.1, 0.15) is 30.0 Å². The van der Waals surface area contributed by atoms with Crippen molar-refractivity contribution in [3.8, 4) is 11.5 Å². The highest BCUT2D eigenvalue weighted by Crippen LogP contribution is 2.30. The SMILES string of the molecule is Cc1oc(-c2cccc3ccccc23)nc1CN(Cc1ccccn1)CC1CCCO1. The number of pyridine rings is 1. The Morgan fingerprint density at radius 3 is 2.71 bits per heavy atom. The molecule has 4 aromatic rings. The van der Waals surface area contributed by atoms with Crippen LogP contribution in [0.15, 0.2) is 71.3 Å². The Kier molecular flexibility index (Phi) is 5.78. The van der Waals surface area contributed by atoms with Crippen LogP contribution >= 0.6 is 0 Å². The molecule has 3 heterocycles. The van der Waals surface area contributed by atoms with E-state index < -0.39 is 0 Å². The summed E-state index contributed by atoms with van der Waals surface area (Å²) in [4.78, 5) is 11.8. The molecule has 5 nitrogen and oxygen atoms in total. The molecular formula is C26H27N3O2. The average molecular weight is 414 g/mol. The summed E-state index contributed by atoms with van der Waals surface area (Å²) >= 11 is 0. The summed E-state index contributed by atoms with van der Waals surface area (Å²) in [6.07, 6.45) is 4.36. The highest BCUT2D eigenvalue weighted by molar-refractivity contribution is 5.94. The Morgan fingerprint density at radius 1 is 1.00 bits per heavy atom. The average Bonchev–Trinajstić information content (AvgIpc) is 3.44. The van der Waals surface area contributed by atoms with E-state index in [1.165, 1.54) is 5.39 Å². The molecule has 1 aliphatic rings. The number of benzene rings is 2. The summed E-state index contributed by atoms with van der Waals surface area (Å²) in [5, 5.41) is 2.34. The largest absolute Gasteiger partial charge is 0.441 e. The Hall–Kier alpha value is -3.02. The molecule has 0 N–H and O–H groups in total. The first-order chi connectivity index (χ1) is 15.3. The number of nitrogens with zero attached hydrogens (tertiary/aromatic N) is 3. The van der Waals surface area contributed by atoms with Gasteiger partial charge in [-0.1, -0.05) is 42.5 Å². The standard InChI is InChI=1S/C26H27N3O2/c1-19-25(28-26(31-19)24-13-6-9-20-8-2-3-12-23(20)24)18-29(17-22-11-7-15-30-22)16-21-10-4-5-14-27-21/h2-6,8-10,12-14,22H,7,11,15-18H2,1H3. The second-order valence-electron chi connectivity index (χ2n) is 8.17. The van der Waals surface area contributed by atoms with Crippen LogP contribution in [0.4, 0.5) is 0 Å². The predicted molar refractivity (Wildman–Crippen MR) is 122 cm³/mol. The maximum atomic E-state index is 6.15. The van der Waals surface area contributed by atoms with E-state index >= 15 is 0 Å². The Balaban J connectivity index is 1.42. The minimum Gasteiger partial charge on any atom is -0.441 e. The van der Waals surface area contributed by atoms with Crippen molar-refractivity contribution < 1.29 is 9.15 Å². The Labute approximate surface area is 182 Å². The lowest BCUT2D eigenvalue weighted by Gasteiger charge is -2.24. The van der Waals surface area contributed by atoms with Crippen molar-refractivity contribution in [1.29, 1.82) is 0 Å². The molecule has 1 saturated heterocycles. The van der Waals surface area contributed by atoms with Crippen molar-refractivity contribution in [2.45, 2.75) is 39.0 Å². The molecule has 2 aromatic heterocycles. The molecule has 5 heteroatoms. The van der Waals surface area contributed by atoms with Crippen molar-refractivity contribution in [3.63, 3.8) is 0 Å². The topological polar surface area (TPSA) is 51.4 Å². The molecule has 0 spiro atoms. The van der Waals surface area contributed by atoms with E-state index in [4.69, 9.17) is 14.1 Å². The van der Waals surface area contributed by atoms with Gasteiger partial charge in [-0.2, -0.15) is 0 Å². The zero-order chi connectivity index (χ0) is 21.0. The van der Waals surface area contributed by atoms with Crippen molar-refractivity contribution in [2.75, 3.05) is 13.2 Å². The van der Waals surface area contributed by atoms with Crippen LogP contribution in [0.5, 0.6) is 0 Å². The molecule has 0 amide bonds. The highest BCUT2D eigenvalue weighted by Gasteiger charge is 2.22. The number of oxazole rings is 1. The number of ether oxygens (including phenoxy) is 1. The molecule has 1 unspecified atom stereocenters. The predicted octanol–water partition coefficient (Wildman–Crippen LogP) is 5.38. The Morgan fingerprint density at radius 2 is 1.87 bits per heavy atom. The van der Waals surface area contributed by atoms with E-state index in [0.29, 0.717) is 12.4 Å². The molecule has 1 fully saturated rings. The van der Waals surface area contributed by atoms with Crippen LogP contribution in [-0.4, -0.2) is 34.1 Å². The first kappa shape index (κ1) is 19.9. The second-order valence-corrected chi connectivity index (χ2v) is 8.17. The lowest BCUT2D eigenvalue weighted by Crippen LogP contribution is -2.32. The molecule has 0 bridgehead atoms. The number of hydrogen-bond donors (Lipinski definition) is 0. The maximum Gasteiger partial charge on any atom is 0.227 e. The van der Waals surface area contributed by atoms with Gasteiger partial charge in [-0.25, -0.2) is 4.98 Å². The molecule has 2 aromatic carbocycles. The van der Waals surface area contributed by atoms with Crippen LogP contribution in [0.2, 0.25) is 0 Å². The third kappa shape index (κ3) is 4.53. The van der Waals surface area contributed by atoms with E-state index in [2.05, 4.69) is 58.4 Å². The number of aromatic nitrogens is 2. The Bertz CT molecular complexity index is 1140. The monoisotopic (exact) mass is 413 g/mol. The minimum absolute atomic E-state index is 0.272. The summed E-state index contributed by atoms with van der Waals surface area (Å²) < 4.78 is 12.1. The van der Waals surface area contributed by atoms with Crippen molar-refractivity contribution in [2.24, 2.45) is 0 Å². The van der Waals surface area contributed by atoms with Gasteiger partial charge in [0.15, 0.2) is 0 Å². The van der Waals surface area contributed by atoms with E-state index in [9.17, 15) is 0 Å². The van der Waals surface area contributed by atoms with Gasteiger partial charge in [0.2, 0.25) is 5.89 Å². The summed E-state index contributed by atoms with van der Waals surface area (Å²) in [6, 6.07) is 20.7. The van der Waals surface area contributed by atoms with E-state index in [-0.39, 0.29) is 6.10 Å². The van der Waals surface area contributed by atoms with Crippen LogP contribution in [0.3, 0.4) is 0 Å². The van der Waals surface area contributed by atoms with E-state index in [1.54, 1.807) is 0 Å². The number of aryl methyl sites for hydroxylation is 1. The fourth-order valence-corrected chi connectivity index (χ4v) is 4.30. The van der Waals surface area contributed by atoms with Gasteiger partial charge in [-0.3, -0.25) is 9.88 Å². The minimum atomic E-state index is 0.272. The van der Waals surface area contributed by atoms with Gasteiger partial charge in [0.05, 0.1) is 17.5 Å². The summed E-state index contributed by atoms with van der Waals surface area (Å²) in [5.41, 5.74) is 3.05. The molecule has 158 valence electrons. The van der Waals surface area contributed by atoms with E-state index in [1.807, 2.05) is 25.3 Å². The number of hydrogen-bond acceptors (Lipinski definition) is 5. The fraction of sp³-hybridized carbons (Fsp3) is 0.308. The van der Waals surface area contributed by atoms with Gasteiger partial charge in [0.25, 0.3) is 0 Å². The van der Waals surface area contributed by atoms with Crippen molar-refractivity contribution in [1.82, 2.24) is 14.9 Å². The van der Waals surface area contributed by atoms with Gasteiger partial charge in [-0.15, -0.1) is 0 Å². The fourth-order valence-electron chi connectivity index (χ4n) is 4.30. The number of fused-ring (bicyclic) bond motifs is 1. The molecule has 1 aliphatic heterocycles. The highest BCUT2D eigenvalue weighted by atomic mass is 16.5. The number of rotatable bonds is 7. The maximum absolute atomic E-state index is 6.15. The molecule has 0 aliphatic carbocycles. The zero-order valence-corrected chi connectivity index (χ0v) is 17.8. The third-order valence-electron chi connectivity index (χ3n) is 5.88. The summed E-state index contributed by atoms with van der Waals surface area (Å²) in [5.74, 6) is 1.54. The molecule has 5 rings (SSSR count). The lowest BCUT2D eigenvalue weighted by atomic mass is 10.0. The second kappa shape index (κ2) is 9.00. The molecular weight excluding hydrogens is 386 g/mol. The molecule has 0 radical (unpaired) electrons. The smallest absolute Gasteiger partial charge is 0.227 e.